The molecule has 1 heterocycles. The van der Waals surface area contributed by atoms with Crippen molar-refractivity contribution in [3.63, 3.8) is 0 Å². The van der Waals surface area contributed by atoms with Crippen LogP contribution in [0.4, 0.5) is 5.69 Å². The van der Waals surface area contributed by atoms with Gasteiger partial charge in [-0.15, -0.1) is 0 Å². The molecule has 6 nitrogen and oxygen atoms in total. The van der Waals surface area contributed by atoms with Crippen molar-refractivity contribution >= 4 is 35.1 Å². The van der Waals surface area contributed by atoms with Gasteiger partial charge in [0.05, 0.1) is 5.92 Å². The van der Waals surface area contributed by atoms with Gasteiger partial charge in [0.15, 0.2) is 6.10 Å². The standard InChI is InChI=1S/C18H23ClN2O4/c1-11-6-7-15(19)9-16(11)20-17(23)12(2)25-18(24)14-5-4-8-21(10-14)13(3)22/h6-7,9,12,14H,4-5,8,10H2,1-3H3,(H,20,23)/t12-,14+/m1/s1. The number of ether oxygens (including phenoxy) is 1. The monoisotopic (exact) mass is 366 g/mol. The zero-order valence-corrected chi connectivity index (χ0v) is 15.4. The Morgan fingerprint density at radius 3 is 2.76 bits per heavy atom. The predicted octanol–water partition coefficient (Wildman–Crippen LogP) is 2.78. The number of halogens is 1. The number of benzene rings is 1. The van der Waals surface area contributed by atoms with Gasteiger partial charge in [-0.2, -0.15) is 0 Å². The van der Waals surface area contributed by atoms with Crippen LogP contribution < -0.4 is 5.32 Å². The van der Waals surface area contributed by atoms with E-state index in [0.29, 0.717) is 30.2 Å². The molecule has 1 N–H and O–H groups in total. The molecule has 0 bridgehead atoms. The molecule has 0 aromatic heterocycles. The van der Waals surface area contributed by atoms with E-state index in [4.69, 9.17) is 16.3 Å². The fraction of sp³-hybridized carbons (Fsp3) is 0.500. The Hall–Kier alpha value is -2.08. The Balaban J connectivity index is 1.93. The Morgan fingerprint density at radius 2 is 2.08 bits per heavy atom. The molecular weight excluding hydrogens is 344 g/mol. The Kier molecular flexibility index (Phi) is 6.42. The molecule has 2 rings (SSSR count). The van der Waals surface area contributed by atoms with Crippen LogP contribution in [0.15, 0.2) is 18.2 Å². The van der Waals surface area contributed by atoms with Crippen LogP contribution in [0.3, 0.4) is 0 Å². The topological polar surface area (TPSA) is 75.7 Å². The zero-order chi connectivity index (χ0) is 18.6. The van der Waals surface area contributed by atoms with Crippen LogP contribution in [0.2, 0.25) is 5.02 Å². The minimum Gasteiger partial charge on any atom is -0.452 e. The third-order valence-corrected chi connectivity index (χ3v) is 4.55. The normalized spacial score (nSPS) is 18.4. The molecule has 0 unspecified atom stereocenters. The van der Waals surface area contributed by atoms with Gasteiger partial charge in [-0.1, -0.05) is 17.7 Å². The molecule has 1 saturated heterocycles. The smallest absolute Gasteiger partial charge is 0.311 e. The van der Waals surface area contributed by atoms with Crippen LogP contribution in [-0.4, -0.2) is 41.9 Å². The largest absolute Gasteiger partial charge is 0.452 e. The van der Waals surface area contributed by atoms with Crippen LogP contribution in [0.25, 0.3) is 0 Å². The first-order valence-electron chi connectivity index (χ1n) is 8.31. The van der Waals surface area contributed by atoms with E-state index in [1.165, 1.54) is 13.8 Å². The van der Waals surface area contributed by atoms with Crippen LogP contribution in [0.1, 0.15) is 32.3 Å². The van der Waals surface area contributed by atoms with Crippen LogP contribution in [-0.2, 0) is 19.1 Å². The lowest BCUT2D eigenvalue weighted by Gasteiger charge is -2.31. The number of hydrogen-bond donors (Lipinski definition) is 1. The van der Waals surface area contributed by atoms with E-state index in [0.717, 1.165) is 12.0 Å². The van der Waals surface area contributed by atoms with Gasteiger partial charge in [0.25, 0.3) is 5.91 Å². The molecule has 1 fully saturated rings. The number of nitrogens with zero attached hydrogens (tertiary/aromatic N) is 1. The summed E-state index contributed by atoms with van der Waals surface area (Å²) in [5.74, 6) is -1.31. The second kappa shape index (κ2) is 8.34. The molecule has 1 aliphatic heterocycles. The maximum atomic E-state index is 12.3. The fourth-order valence-electron chi connectivity index (χ4n) is 2.74. The predicted molar refractivity (Wildman–Crippen MR) is 95.4 cm³/mol. The number of carbonyl (C=O) groups is 3. The van der Waals surface area contributed by atoms with E-state index < -0.39 is 18.0 Å². The first kappa shape index (κ1) is 19.2. The van der Waals surface area contributed by atoms with Gasteiger partial charge in [0.1, 0.15) is 0 Å². The molecule has 2 amide bonds. The summed E-state index contributed by atoms with van der Waals surface area (Å²) in [5, 5.41) is 3.23. The zero-order valence-electron chi connectivity index (χ0n) is 14.7. The van der Waals surface area contributed by atoms with Crippen molar-refractivity contribution < 1.29 is 19.1 Å². The van der Waals surface area contributed by atoms with Crippen molar-refractivity contribution in [1.82, 2.24) is 4.90 Å². The summed E-state index contributed by atoms with van der Waals surface area (Å²) in [4.78, 5) is 37.7. The van der Waals surface area contributed by atoms with Crippen LogP contribution in [0, 0.1) is 12.8 Å². The Bertz CT molecular complexity index is 677. The number of likely N-dealkylation sites (tertiary alicyclic amines) is 1. The number of carbonyl (C=O) groups excluding carboxylic acids is 3. The van der Waals surface area contributed by atoms with Crippen molar-refractivity contribution in [1.29, 1.82) is 0 Å². The van der Waals surface area contributed by atoms with E-state index >= 15 is 0 Å². The van der Waals surface area contributed by atoms with Gasteiger partial charge in [0, 0.05) is 30.7 Å². The van der Waals surface area contributed by atoms with Gasteiger partial charge < -0.3 is 15.0 Å². The number of esters is 1. The maximum absolute atomic E-state index is 12.3. The van der Waals surface area contributed by atoms with Crippen LogP contribution >= 0.6 is 11.6 Å². The van der Waals surface area contributed by atoms with Gasteiger partial charge in [-0.25, -0.2) is 0 Å². The number of hydrogen-bond acceptors (Lipinski definition) is 4. The molecule has 1 aromatic carbocycles. The molecule has 25 heavy (non-hydrogen) atoms. The number of anilines is 1. The molecule has 136 valence electrons. The molecule has 0 saturated carbocycles. The summed E-state index contributed by atoms with van der Waals surface area (Å²) < 4.78 is 5.30. The first-order chi connectivity index (χ1) is 11.8. The van der Waals surface area contributed by atoms with Crippen molar-refractivity contribution in [3.05, 3.63) is 28.8 Å². The summed E-state index contributed by atoms with van der Waals surface area (Å²) in [6.45, 7) is 5.86. The summed E-state index contributed by atoms with van der Waals surface area (Å²) in [7, 11) is 0. The lowest BCUT2D eigenvalue weighted by Crippen LogP contribution is -2.43. The maximum Gasteiger partial charge on any atom is 0.311 e. The highest BCUT2D eigenvalue weighted by molar-refractivity contribution is 6.31. The molecule has 7 heteroatoms. The van der Waals surface area contributed by atoms with Gasteiger partial charge in [0.2, 0.25) is 5.91 Å². The van der Waals surface area contributed by atoms with Crippen molar-refractivity contribution in [2.75, 3.05) is 18.4 Å². The van der Waals surface area contributed by atoms with Gasteiger partial charge in [-0.05, 0) is 44.4 Å². The van der Waals surface area contributed by atoms with Gasteiger partial charge in [-0.3, -0.25) is 14.4 Å². The number of amides is 2. The molecule has 1 aliphatic rings. The van der Waals surface area contributed by atoms with E-state index in [-0.39, 0.29) is 11.8 Å². The minimum absolute atomic E-state index is 0.0558. The highest BCUT2D eigenvalue weighted by atomic mass is 35.5. The summed E-state index contributed by atoms with van der Waals surface area (Å²) in [5.41, 5.74) is 1.45. The SMILES string of the molecule is CC(=O)N1CCC[C@H](C(=O)O[C@H](C)C(=O)Nc2cc(Cl)ccc2C)C1. The summed E-state index contributed by atoms with van der Waals surface area (Å²) >= 11 is 5.94. The van der Waals surface area contributed by atoms with E-state index in [1.807, 2.05) is 6.92 Å². The van der Waals surface area contributed by atoms with Crippen molar-refractivity contribution in [3.8, 4) is 0 Å². The number of nitrogens with one attached hydrogen (secondary N) is 1. The summed E-state index contributed by atoms with van der Waals surface area (Å²) in [6, 6.07) is 5.18. The minimum atomic E-state index is -0.932. The lowest BCUT2D eigenvalue weighted by molar-refractivity contribution is -0.159. The van der Waals surface area contributed by atoms with Crippen LogP contribution in [0.5, 0.6) is 0 Å². The summed E-state index contributed by atoms with van der Waals surface area (Å²) in [6.07, 6.45) is 0.477. The molecular formula is C18H23ClN2O4. The van der Waals surface area contributed by atoms with E-state index in [1.54, 1.807) is 23.1 Å². The quantitative estimate of drug-likeness (QED) is 0.831. The lowest BCUT2D eigenvalue weighted by atomic mass is 9.98. The average Bonchev–Trinajstić information content (AvgIpc) is 2.58. The molecule has 2 atom stereocenters. The second-order valence-electron chi connectivity index (χ2n) is 6.33. The number of rotatable bonds is 4. The third-order valence-electron chi connectivity index (χ3n) is 4.32. The Morgan fingerprint density at radius 1 is 1.36 bits per heavy atom. The molecule has 0 radical (unpaired) electrons. The second-order valence-corrected chi connectivity index (χ2v) is 6.77. The average molecular weight is 367 g/mol. The Labute approximate surface area is 152 Å². The number of piperidine rings is 1. The fourth-order valence-corrected chi connectivity index (χ4v) is 2.91. The van der Waals surface area contributed by atoms with E-state index in [2.05, 4.69) is 5.32 Å². The molecule has 0 aliphatic carbocycles. The number of aryl methyl sites for hydroxylation is 1. The van der Waals surface area contributed by atoms with E-state index in [9.17, 15) is 14.4 Å². The third kappa shape index (κ3) is 5.19. The highest BCUT2D eigenvalue weighted by Gasteiger charge is 2.30. The van der Waals surface area contributed by atoms with Crippen molar-refractivity contribution in [2.45, 2.75) is 39.7 Å². The van der Waals surface area contributed by atoms with Gasteiger partial charge >= 0.3 is 5.97 Å². The van der Waals surface area contributed by atoms with Crippen molar-refractivity contribution in [2.24, 2.45) is 5.92 Å². The highest BCUT2D eigenvalue weighted by Crippen LogP contribution is 2.21. The first-order valence-corrected chi connectivity index (χ1v) is 8.68. The molecule has 0 spiro atoms. The molecule has 1 aromatic rings.